The zero-order valence-corrected chi connectivity index (χ0v) is 13.4. The van der Waals surface area contributed by atoms with E-state index in [1.54, 1.807) is 4.31 Å². The average molecular weight is 316 g/mol. The van der Waals surface area contributed by atoms with Crippen LogP contribution in [-0.4, -0.2) is 37.4 Å². The lowest BCUT2D eigenvalue weighted by Gasteiger charge is -2.31. The molecule has 1 atom stereocenters. The van der Waals surface area contributed by atoms with Crippen LogP contribution in [-0.2, 0) is 10.0 Å². The summed E-state index contributed by atoms with van der Waals surface area (Å²) in [5.41, 5.74) is 1.08. The Hall–Kier alpha value is -0.580. The Kier molecular flexibility index (Phi) is 5.47. The molecule has 5 heteroatoms. The Bertz CT molecular complexity index is 510. The molecule has 1 aromatic carbocycles. The molecule has 0 bridgehead atoms. The highest BCUT2D eigenvalue weighted by molar-refractivity contribution is 7.89. The number of sulfonamides is 1. The van der Waals surface area contributed by atoms with Crippen molar-refractivity contribution in [3.63, 3.8) is 0 Å². The first-order valence-electron chi connectivity index (χ1n) is 7.11. The van der Waals surface area contributed by atoms with Gasteiger partial charge in [-0.25, -0.2) is 12.7 Å². The molecule has 1 unspecified atom stereocenters. The van der Waals surface area contributed by atoms with E-state index in [0.717, 1.165) is 18.4 Å². The largest absolute Gasteiger partial charge is 0.214 e. The Morgan fingerprint density at radius 2 is 1.85 bits per heavy atom. The fraction of sp³-hybridized carbons (Fsp3) is 0.600. The lowest BCUT2D eigenvalue weighted by molar-refractivity contribution is 0.289. The summed E-state index contributed by atoms with van der Waals surface area (Å²) in [7, 11) is -3.17. The van der Waals surface area contributed by atoms with Crippen LogP contribution in [0.5, 0.6) is 0 Å². The minimum absolute atomic E-state index is 0.0203. The molecule has 1 aliphatic heterocycles. The predicted molar refractivity (Wildman–Crippen MR) is 83.7 cm³/mol. The third-order valence-electron chi connectivity index (χ3n) is 4.01. The van der Waals surface area contributed by atoms with Crippen LogP contribution in [0.3, 0.4) is 0 Å². The van der Waals surface area contributed by atoms with E-state index in [1.165, 1.54) is 0 Å². The molecule has 0 amide bonds. The molecule has 0 spiro atoms. The minimum atomic E-state index is -3.17. The lowest BCUT2D eigenvalue weighted by atomic mass is 10.0. The number of hydrogen-bond donors (Lipinski definition) is 0. The number of benzene rings is 1. The highest BCUT2D eigenvalue weighted by Gasteiger charge is 2.29. The molecule has 0 aliphatic carbocycles. The normalized spacial score (nSPS) is 19.9. The van der Waals surface area contributed by atoms with Crippen LogP contribution in [0.15, 0.2) is 30.3 Å². The van der Waals surface area contributed by atoms with Crippen molar-refractivity contribution in [2.75, 3.05) is 24.7 Å². The molecule has 0 saturated carbocycles. The maximum absolute atomic E-state index is 12.5. The van der Waals surface area contributed by atoms with Gasteiger partial charge in [0.15, 0.2) is 0 Å². The molecule has 20 heavy (non-hydrogen) atoms. The van der Waals surface area contributed by atoms with E-state index in [9.17, 15) is 8.42 Å². The number of nitrogens with zero attached hydrogens (tertiary/aromatic N) is 1. The summed E-state index contributed by atoms with van der Waals surface area (Å²) in [6.45, 7) is 3.20. The van der Waals surface area contributed by atoms with E-state index in [2.05, 4.69) is 0 Å². The van der Waals surface area contributed by atoms with Gasteiger partial charge in [-0.2, -0.15) is 0 Å². The van der Waals surface area contributed by atoms with Crippen LogP contribution < -0.4 is 0 Å². The molecular weight excluding hydrogens is 294 g/mol. The van der Waals surface area contributed by atoms with Crippen LogP contribution >= 0.6 is 11.6 Å². The second kappa shape index (κ2) is 6.92. The molecule has 1 aliphatic rings. The first kappa shape index (κ1) is 15.8. The maximum Gasteiger partial charge on any atom is 0.214 e. The van der Waals surface area contributed by atoms with Gasteiger partial charge in [0.1, 0.15) is 0 Å². The van der Waals surface area contributed by atoms with Gasteiger partial charge < -0.3 is 0 Å². The molecular formula is C15H22ClNO2S. The Balaban J connectivity index is 1.98. The van der Waals surface area contributed by atoms with E-state index < -0.39 is 10.0 Å². The van der Waals surface area contributed by atoms with Crippen LogP contribution in [0.4, 0.5) is 0 Å². The number of hydrogen-bond acceptors (Lipinski definition) is 2. The molecule has 3 nitrogen and oxygen atoms in total. The molecule has 2 rings (SSSR count). The van der Waals surface area contributed by atoms with Crippen molar-refractivity contribution in [1.82, 2.24) is 4.31 Å². The topological polar surface area (TPSA) is 37.4 Å². The molecule has 0 N–H and O–H groups in total. The van der Waals surface area contributed by atoms with E-state index in [4.69, 9.17) is 11.6 Å². The summed E-state index contributed by atoms with van der Waals surface area (Å²) in [5, 5.41) is 0. The monoisotopic (exact) mass is 315 g/mol. The summed E-state index contributed by atoms with van der Waals surface area (Å²) < 4.78 is 26.5. The third-order valence-corrected chi connectivity index (χ3v) is 6.52. The number of alkyl halides is 1. The van der Waals surface area contributed by atoms with Gasteiger partial charge in [0.25, 0.3) is 0 Å². The van der Waals surface area contributed by atoms with Crippen molar-refractivity contribution < 1.29 is 8.42 Å². The number of piperidine rings is 1. The highest BCUT2D eigenvalue weighted by atomic mass is 35.5. The highest BCUT2D eigenvalue weighted by Crippen LogP contribution is 2.24. The summed E-state index contributed by atoms with van der Waals surface area (Å²) in [6.07, 6.45) is 1.75. The summed E-state index contributed by atoms with van der Waals surface area (Å²) in [5.74, 6) is 1.30. The van der Waals surface area contributed by atoms with Crippen molar-refractivity contribution in [3.8, 4) is 0 Å². The third kappa shape index (κ3) is 3.96. The Labute approximate surface area is 127 Å². The zero-order chi connectivity index (χ0) is 14.6. The van der Waals surface area contributed by atoms with Crippen molar-refractivity contribution in [2.24, 2.45) is 5.92 Å². The van der Waals surface area contributed by atoms with E-state index >= 15 is 0 Å². The van der Waals surface area contributed by atoms with E-state index in [1.807, 2.05) is 37.3 Å². The first-order valence-corrected chi connectivity index (χ1v) is 9.26. The van der Waals surface area contributed by atoms with Gasteiger partial charge in [-0.15, -0.1) is 11.6 Å². The summed E-state index contributed by atoms with van der Waals surface area (Å²) in [6, 6.07) is 9.82. The second-order valence-corrected chi connectivity index (χ2v) is 7.91. The van der Waals surface area contributed by atoms with Crippen LogP contribution in [0.2, 0.25) is 0 Å². The maximum atomic E-state index is 12.5. The van der Waals surface area contributed by atoms with Gasteiger partial charge in [-0.1, -0.05) is 37.3 Å². The van der Waals surface area contributed by atoms with Crippen molar-refractivity contribution >= 4 is 21.6 Å². The Morgan fingerprint density at radius 1 is 1.25 bits per heavy atom. The van der Waals surface area contributed by atoms with Gasteiger partial charge in [0.05, 0.1) is 5.75 Å². The fourth-order valence-corrected chi connectivity index (χ4v) is 4.75. The number of halogens is 1. The van der Waals surface area contributed by atoms with E-state index in [0.29, 0.717) is 24.9 Å². The Morgan fingerprint density at radius 3 is 2.40 bits per heavy atom. The molecule has 0 aromatic heterocycles. The minimum Gasteiger partial charge on any atom is -0.212 e. The zero-order valence-electron chi connectivity index (χ0n) is 11.8. The van der Waals surface area contributed by atoms with Crippen molar-refractivity contribution in [3.05, 3.63) is 35.9 Å². The molecule has 112 valence electrons. The standard InChI is InChI=1S/C15H22ClNO2S/c1-13(15-5-3-2-4-6-15)12-20(18,19)17-9-7-14(11-16)8-10-17/h2-6,13-14H,7-12H2,1H3. The molecule has 0 radical (unpaired) electrons. The van der Waals surface area contributed by atoms with Crippen LogP contribution in [0.25, 0.3) is 0 Å². The van der Waals surface area contributed by atoms with Gasteiger partial charge in [0, 0.05) is 19.0 Å². The average Bonchev–Trinajstić information content (AvgIpc) is 2.48. The smallest absolute Gasteiger partial charge is 0.212 e. The SMILES string of the molecule is CC(CS(=O)(=O)N1CCC(CCl)CC1)c1ccccc1. The summed E-state index contributed by atoms with van der Waals surface area (Å²) >= 11 is 5.84. The number of rotatable bonds is 5. The van der Waals surface area contributed by atoms with E-state index in [-0.39, 0.29) is 11.7 Å². The quantitative estimate of drug-likeness (QED) is 0.783. The first-order chi connectivity index (χ1) is 9.53. The lowest BCUT2D eigenvalue weighted by Crippen LogP contribution is -2.40. The van der Waals surface area contributed by atoms with Gasteiger partial charge in [0.2, 0.25) is 10.0 Å². The molecule has 1 fully saturated rings. The van der Waals surface area contributed by atoms with Gasteiger partial charge in [-0.3, -0.25) is 0 Å². The van der Waals surface area contributed by atoms with Gasteiger partial charge in [-0.05, 0) is 30.2 Å². The predicted octanol–water partition coefficient (Wildman–Crippen LogP) is 3.07. The molecule has 1 heterocycles. The molecule has 1 saturated heterocycles. The second-order valence-electron chi connectivity index (χ2n) is 5.59. The summed E-state index contributed by atoms with van der Waals surface area (Å²) in [4.78, 5) is 0. The molecule has 1 aromatic rings. The fourth-order valence-electron chi connectivity index (χ4n) is 2.64. The van der Waals surface area contributed by atoms with Gasteiger partial charge >= 0.3 is 0 Å². The van der Waals surface area contributed by atoms with Crippen LogP contribution in [0.1, 0.15) is 31.2 Å². The van der Waals surface area contributed by atoms with Crippen molar-refractivity contribution in [1.29, 1.82) is 0 Å². The van der Waals surface area contributed by atoms with Crippen molar-refractivity contribution in [2.45, 2.75) is 25.7 Å². The van der Waals surface area contributed by atoms with Crippen LogP contribution in [0, 0.1) is 5.92 Å².